The van der Waals surface area contributed by atoms with Gasteiger partial charge >= 0.3 is 7.69 Å². The van der Waals surface area contributed by atoms with Gasteiger partial charge in [0.15, 0.2) is 11.6 Å². The van der Waals surface area contributed by atoms with Crippen LogP contribution in [0.25, 0.3) is 0 Å². The van der Waals surface area contributed by atoms with E-state index in [1.807, 2.05) is 0 Å². The predicted molar refractivity (Wildman–Crippen MR) is 101 cm³/mol. The van der Waals surface area contributed by atoms with Gasteiger partial charge in [-0.3, -0.25) is 9.59 Å². The molecule has 0 fully saturated rings. The molecule has 0 unspecified atom stereocenters. The molecule has 7 heteroatoms. The van der Waals surface area contributed by atoms with Gasteiger partial charge < -0.3 is 18.8 Å². The van der Waals surface area contributed by atoms with Crippen LogP contribution in [-0.2, 0) is 9.59 Å². The minimum atomic E-state index is 0.0467. The Morgan fingerprint density at radius 3 is 1.33 bits per heavy atom. The lowest BCUT2D eigenvalue weighted by Gasteiger charge is -2.09. The molecule has 0 aromatic heterocycles. The van der Waals surface area contributed by atoms with E-state index in [1.165, 1.54) is 7.69 Å². The van der Waals surface area contributed by atoms with Gasteiger partial charge in [-0.2, -0.15) is 0 Å². The van der Waals surface area contributed by atoms with Crippen LogP contribution in [0.2, 0.25) is 0 Å². The largest absolute Gasteiger partial charge is 0.658 e. The summed E-state index contributed by atoms with van der Waals surface area (Å²) in [6, 6.07) is 13.7. The molecule has 141 valence electrons. The quantitative estimate of drug-likeness (QED) is 0.534. The van der Waals surface area contributed by atoms with Gasteiger partial charge in [0.1, 0.15) is 36.2 Å². The third-order valence-electron chi connectivity index (χ3n) is 3.60. The van der Waals surface area contributed by atoms with Gasteiger partial charge in [-0.25, -0.2) is 0 Å². The molecule has 0 amide bonds. The number of carbonyl (C=O) groups is 2. The van der Waals surface area contributed by atoms with Crippen molar-refractivity contribution in [2.45, 2.75) is 26.7 Å². The smallest absolute Gasteiger partial charge is 0.526 e. The summed E-state index contributed by atoms with van der Waals surface area (Å²) < 4.78 is 21.5. The molecule has 0 aliphatic carbocycles. The predicted octanol–water partition coefficient (Wildman–Crippen LogP) is 3.39. The van der Waals surface area contributed by atoms with E-state index in [0.29, 0.717) is 35.8 Å². The van der Waals surface area contributed by atoms with Crippen molar-refractivity contribution >= 4 is 19.3 Å². The number of ketones is 2. The summed E-state index contributed by atoms with van der Waals surface area (Å²) in [5, 5.41) is 0. The zero-order valence-electron chi connectivity index (χ0n) is 15.5. The molecule has 2 aromatic rings. The van der Waals surface area contributed by atoms with Crippen molar-refractivity contribution < 1.29 is 28.4 Å². The fraction of sp³-hybridized carbons (Fsp3) is 0.300. The molecule has 27 heavy (non-hydrogen) atoms. The number of hydrogen-bond donors (Lipinski definition) is 0. The Hall–Kier alpha value is -2.96. The minimum Gasteiger partial charge on any atom is -0.526 e. The first-order chi connectivity index (χ1) is 13.1. The van der Waals surface area contributed by atoms with E-state index < -0.39 is 0 Å². The minimum absolute atomic E-state index is 0.0467. The number of rotatable bonds is 12. The lowest BCUT2D eigenvalue weighted by molar-refractivity contribution is -0.121. The molecule has 0 spiro atoms. The summed E-state index contributed by atoms with van der Waals surface area (Å²) in [6.45, 7) is 3.73. The molecule has 6 nitrogen and oxygen atoms in total. The van der Waals surface area contributed by atoms with Crippen molar-refractivity contribution in [1.82, 2.24) is 0 Å². The van der Waals surface area contributed by atoms with Crippen LogP contribution < -0.4 is 18.8 Å². The van der Waals surface area contributed by atoms with Gasteiger partial charge in [-0.05, 0) is 48.5 Å². The van der Waals surface area contributed by atoms with Gasteiger partial charge in [0.2, 0.25) is 0 Å². The third kappa shape index (κ3) is 7.44. The zero-order valence-corrected chi connectivity index (χ0v) is 15.5. The maximum absolute atomic E-state index is 11.2. The first kappa shape index (κ1) is 20.4. The Morgan fingerprint density at radius 2 is 1.00 bits per heavy atom. The van der Waals surface area contributed by atoms with Crippen molar-refractivity contribution in [1.29, 1.82) is 0 Å². The average Bonchev–Trinajstić information content (AvgIpc) is 2.72. The maximum atomic E-state index is 11.2. The Labute approximate surface area is 159 Å². The third-order valence-corrected chi connectivity index (χ3v) is 3.60. The van der Waals surface area contributed by atoms with Crippen LogP contribution in [0.5, 0.6) is 23.0 Å². The van der Waals surface area contributed by atoms with Crippen molar-refractivity contribution in [2.75, 3.05) is 13.2 Å². The monoisotopic (exact) mass is 369 g/mol. The fourth-order valence-corrected chi connectivity index (χ4v) is 1.90. The lowest BCUT2D eigenvalue weighted by atomic mass is 10.2. The highest BCUT2D eigenvalue weighted by Gasteiger charge is 2.05. The summed E-state index contributed by atoms with van der Waals surface area (Å²) in [4.78, 5) is 22.5. The van der Waals surface area contributed by atoms with E-state index in [9.17, 15) is 9.59 Å². The summed E-state index contributed by atoms with van der Waals surface area (Å²) in [6.07, 6.45) is 0.912. The van der Waals surface area contributed by atoms with Crippen LogP contribution in [0, 0.1) is 0 Å². The standard InChI is InChI=1S/C20H22BO6/c1-3-15(22)13-24-17-5-9-19(10-6-17)26-21-27-20-11-7-18(8-12-20)25-14-16(23)4-2/h5-12H,3-4,13-14H2,1-2H3. The molecule has 0 aliphatic rings. The summed E-state index contributed by atoms with van der Waals surface area (Å²) in [7, 11) is 1.22. The molecule has 1 radical (unpaired) electrons. The molecule has 2 rings (SSSR count). The van der Waals surface area contributed by atoms with Crippen molar-refractivity contribution in [3.05, 3.63) is 48.5 Å². The van der Waals surface area contributed by atoms with Crippen LogP contribution in [0.3, 0.4) is 0 Å². The molecule has 0 atom stereocenters. The highest BCUT2D eigenvalue weighted by atomic mass is 16.6. The van der Waals surface area contributed by atoms with E-state index in [0.717, 1.165) is 0 Å². The molecule has 0 aliphatic heterocycles. The average molecular weight is 369 g/mol. The van der Waals surface area contributed by atoms with Crippen molar-refractivity contribution in [2.24, 2.45) is 0 Å². The normalized spacial score (nSPS) is 10.0. The van der Waals surface area contributed by atoms with Gasteiger partial charge in [0.25, 0.3) is 0 Å². The summed E-state index contributed by atoms with van der Waals surface area (Å²) in [5.41, 5.74) is 0. The van der Waals surface area contributed by atoms with E-state index in [-0.39, 0.29) is 24.8 Å². The molecular formula is C20H22BO6. The summed E-state index contributed by atoms with van der Waals surface area (Å²) >= 11 is 0. The Morgan fingerprint density at radius 1 is 0.667 bits per heavy atom. The van der Waals surface area contributed by atoms with Crippen LogP contribution >= 0.6 is 0 Å². The highest BCUT2D eigenvalue weighted by Crippen LogP contribution is 2.19. The van der Waals surface area contributed by atoms with E-state index >= 15 is 0 Å². The lowest BCUT2D eigenvalue weighted by Crippen LogP contribution is -2.11. The fourth-order valence-electron chi connectivity index (χ4n) is 1.90. The van der Waals surface area contributed by atoms with Crippen LogP contribution in [-0.4, -0.2) is 32.5 Å². The Kier molecular flexibility index (Phi) is 8.22. The second kappa shape index (κ2) is 10.9. The molecule has 0 saturated heterocycles. The van der Waals surface area contributed by atoms with Crippen LogP contribution in [0.4, 0.5) is 0 Å². The molecule has 0 N–H and O–H groups in total. The molecule has 0 heterocycles. The van der Waals surface area contributed by atoms with Crippen molar-refractivity contribution in [3.63, 3.8) is 0 Å². The van der Waals surface area contributed by atoms with Gasteiger partial charge in [0, 0.05) is 12.8 Å². The maximum Gasteiger partial charge on any atom is 0.658 e. The second-order valence-electron chi connectivity index (χ2n) is 5.64. The summed E-state index contributed by atoms with van der Waals surface area (Å²) in [5.74, 6) is 2.43. The number of ether oxygens (including phenoxy) is 2. The number of carbonyl (C=O) groups excluding carboxylic acids is 2. The number of benzene rings is 2. The number of Topliss-reactive ketones (excluding diaryl/α,β-unsaturated/α-hetero) is 2. The Bertz CT molecular complexity index is 664. The second-order valence-corrected chi connectivity index (χ2v) is 5.64. The SMILES string of the molecule is CCC(=O)COc1ccc(O[B]Oc2ccc(OCC(=O)CC)cc2)cc1. The molecule has 0 saturated carbocycles. The molecule has 2 aromatic carbocycles. The van der Waals surface area contributed by atoms with Gasteiger partial charge in [0.05, 0.1) is 0 Å². The Balaban J connectivity index is 1.72. The first-order valence-electron chi connectivity index (χ1n) is 8.74. The van der Waals surface area contributed by atoms with Crippen LogP contribution in [0.15, 0.2) is 48.5 Å². The van der Waals surface area contributed by atoms with Gasteiger partial charge in [-0.1, -0.05) is 13.8 Å². The molecule has 0 bridgehead atoms. The van der Waals surface area contributed by atoms with Crippen LogP contribution in [0.1, 0.15) is 26.7 Å². The topological polar surface area (TPSA) is 71.1 Å². The highest BCUT2D eigenvalue weighted by molar-refractivity contribution is 6.20. The van der Waals surface area contributed by atoms with E-state index in [2.05, 4.69) is 0 Å². The zero-order chi connectivity index (χ0) is 19.5. The van der Waals surface area contributed by atoms with Gasteiger partial charge in [-0.15, -0.1) is 0 Å². The molecular weight excluding hydrogens is 347 g/mol. The van der Waals surface area contributed by atoms with Crippen molar-refractivity contribution in [3.8, 4) is 23.0 Å². The number of hydrogen-bond acceptors (Lipinski definition) is 6. The van der Waals surface area contributed by atoms with E-state index in [4.69, 9.17) is 18.8 Å². The van der Waals surface area contributed by atoms with E-state index in [1.54, 1.807) is 62.4 Å². The first-order valence-corrected chi connectivity index (χ1v) is 8.74.